The van der Waals surface area contributed by atoms with Gasteiger partial charge in [-0.2, -0.15) is 0 Å². The van der Waals surface area contributed by atoms with Crippen molar-refractivity contribution in [3.63, 3.8) is 0 Å². The van der Waals surface area contributed by atoms with Crippen LogP contribution in [0.1, 0.15) is 38.2 Å². The molecule has 166 valence electrons. The maximum atomic E-state index is 12.8. The lowest BCUT2D eigenvalue weighted by atomic mass is 9.84. The van der Waals surface area contributed by atoms with Crippen molar-refractivity contribution >= 4 is 21.6 Å². The molecule has 2 N–H and O–H groups in total. The first-order valence-corrected chi connectivity index (χ1v) is 12.4. The van der Waals surface area contributed by atoms with Crippen molar-refractivity contribution in [3.8, 4) is 5.75 Å². The summed E-state index contributed by atoms with van der Waals surface area (Å²) in [4.78, 5) is 12.3. The van der Waals surface area contributed by atoms with Gasteiger partial charge in [-0.15, -0.1) is 0 Å². The number of carbonyl (C=O) groups is 1. The van der Waals surface area contributed by atoms with Crippen LogP contribution in [-0.4, -0.2) is 27.0 Å². The zero-order valence-corrected chi connectivity index (χ0v) is 18.8. The van der Waals surface area contributed by atoms with Gasteiger partial charge in [0.1, 0.15) is 5.75 Å². The van der Waals surface area contributed by atoms with Crippen molar-refractivity contribution in [3.05, 3.63) is 54.1 Å². The predicted octanol–water partition coefficient (Wildman–Crippen LogP) is 4.12. The van der Waals surface area contributed by atoms with E-state index in [9.17, 15) is 13.2 Å². The van der Waals surface area contributed by atoms with Crippen LogP contribution in [0.4, 0.5) is 5.69 Å². The lowest BCUT2D eigenvalue weighted by Gasteiger charge is -2.28. The Labute approximate surface area is 184 Å². The first kappa shape index (κ1) is 21.8. The number of rotatable bonds is 8. The number of aryl methyl sites for hydroxylation is 1. The molecule has 31 heavy (non-hydrogen) atoms. The second kappa shape index (κ2) is 9.01. The number of benzene rings is 2. The third-order valence-electron chi connectivity index (χ3n) is 6.58. The molecular weight excluding hydrogens is 412 g/mol. The third-order valence-corrected chi connectivity index (χ3v) is 8.16. The van der Waals surface area contributed by atoms with Crippen LogP contribution in [0.5, 0.6) is 5.75 Å². The van der Waals surface area contributed by atoms with E-state index in [1.807, 2.05) is 32.0 Å². The lowest BCUT2D eigenvalue weighted by Crippen LogP contribution is -2.40. The van der Waals surface area contributed by atoms with E-state index >= 15 is 0 Å². The van der Waals surface area contributed by atoms with Gasteiger partial charge < -0.3 is 10.1 Å². The highest BCUT2D eigenvalue weighted by Gasteiger charge is 2.42. The quantitative estimate of drug-likeness (QED) is 0.644. The third kappa shape index (κ3) is 5.28. The van der Waals surface area contributed by atoms with Gasteiger partial charge in [0.2, 0.25) is 10.0 Å². The Hall–Kier alpha value is -2.38. The Kier molecular flexibility index (Phi) is 6.34. The Morgan fingerprint density at radius 3 is 2.55 bits per heavy atom. The van der Waals surface area contributed by atoms with Crippen molar-refractivity contribution in [2.45, 2.75) is 50.5 Å². The summed E-state index contributed by atoms with van der Waals surface area (Å²) in [6, 6.07) is 13.6. The van der Waals surface area contributed by atoms with Gasteiger partial charge in [0, 0.05) is 11.7 Å². The molecule has 0 heterocycles. The largest absolute Gasteiger partial charge is 0.484 e. The number of ether oxygens (including phenoxy) is 1. The number of carbonyl (C=O) groups excluding carboxylic acids is 1. The lowest BCUT2D eigenvalue weighted by molar-refractivity contribution is -0.118. The van der Waals surface area contributed by atoms with Gasteiger partial charge >= 0.3 is 0 Å². The zero-order chi connectivity index (χ0) is 22.0. The van der Waals surface area contributed by atoms with Crippen LogP contribution in [-0.2, 0) is 14.8 Å². The summed E-state index contributed by atoms with van der Waals surface area (Å²) in [6.07, 6.45) is 4.90. The molecule has 2 saturated carbocycles. The van der Waals surface area contributed by atoms with E-state index < -0.39 is 10.0 Å². The Morgan fingerprint density at radius 1 is 1.13 bits per heavy atom. The Balaban J connectivity index is 1.31. The van der Waals surface area contributed by atoms with E-state index in [0.717, 1.165) is 17.9 Å². The molecule has 0 saturated heterocycles. The maximum absolute atomic E-state index is 12.8. The molecule has 2 aromatic rings. The second-order valence-electron chi connectivity index (χ2n) is 8.93. The fourth-order valence-electron chi connectivity index (χ4n) is 5.07. The zero-order valence-electron chi connectivity index (χ0n) is 18.0. The Morgan fingerprint density at radius 2 is 1.90 bits per heavy atom. The van der Waals surface area contributed by atoms with Gasteiger partial charge in [-0.25, -0.2) is 13.1 Å². The van der Waals surface area contributed by atoms with Gasteiger partial charge in [-0.3, -0.25) is 4.79 Å². The van der Waals surface area contributed by atoms with Crippen molar-refractivity contribution < 1.29 is 17.9 Å². The number of fused-ring (bicyclic) bond motifs is 2. The highest BCUT2D eigenvalue weighted by molar-refractivity contribution is 7.89. The van der Waals surface area contributed by atoms with Crippen molar-refractivity contribution in [1.29, 1.82) is 0 Å². The predicted molar refractivity (Wildman–Crippen MR) is 120 cm³/mol. The standard InChI is InChI=1S/C24H30N2O4S/c1-16-4-3-5-21(12-16)30-15-24(27)25-20-8-10-22(11-9-20)31(28,29)26-17(2)23-14-18-6-7-19(23)13-18/h3-5,8-12,17-19,23,26H,6-7,13-15H2,1-2H3,(H,25,27)/t17-,18+,19+,23-/m1/s1. The fourth-order valence-corrected chi connectivity index (χ4v) is 6.37. The molecule has 2 aliphatic rings. The van der Waals surface area contributed by atoms with Gasteiger partial charge in [0.05, 0.1) is 4.90 Å². The number of sulfonamides is 1. The second-order valence-corrected chi connectivity index (χ2v) is 10.6. The number of anilines is 1. The molecule has 0 aromatic heterocycles. The van der Waals surface area contributed by atoms with Gasteiger partial charge in [-0.1, -0.05) is 18.6 Å². The first-order valence-electron chi connectivity index (χ1n) is 10.9. The fraction of sp³-hybridized carbons (Fsp3) is 0.458. The summed E-state index contributed by atoms with van der Waals surface area (Å²) in [7, 11) is -3.60. The maximum Gasteiger partial charge on any atom is 0.262 e. The average molecular weight is 443 g/mol. The highest BCUT2D eigenvalue weighted by atomic mass is 32.2. The molecule has 0 aliphatic heterocycles. The van der Waals surface area contributed by atoms with Crippen LogP contribution in [0.3, 0.4) is 0 Å². The number of hydrogen-bond donors (Lipinski definition) is 2. The number of nitrogens with one attached hydrogen (secondary N) is 2. The van der Waals surface area contributed by atoms with Crippen molar-refractivity contribution in [2.75, 3.05) is 11.9 Å². The van der Waals surface area contributed by atoms with Crippen molar-refractivity contribution in [2.24, 2.45) is 17.8 Å². The van der Waals surface area contributed by atoms with E-state index in [4.69, 9.17) is 4.74 Å². The first-order chi connectivity index (χ1) is 14.8. The molecule has 4 rings (SSSR count). The van der Waals surface area contributed by atoms with Crippen LogP contribution in [0.15, 0.2) is 53.4 Å². The van der Waals surface area contributed by atoms with Crippen LogP contribution >= 0.6 is 0 Å². The molecule has 2 bridgehead atoms. The highest BCUT2D eigenvalue weighted by Crippen LogP contribution is 2.49. The van der Waals surface area contributed by atoms with Crippen LogP contribution in [0, 0.1) is 24.7 Å². The summed E-state index contributed by atoms with van der Waals surface area (Å²) in [5.41, 5.74) is 1.58. The molecule has 0 unspecified atom stereocenters. The molecule has 7 heteroatoms. The van der Waals surface area contributed by atoms with E-state index in [1.54, 1.807) is 18.2 Å². The van der Waals surface area contributed by atoms with Gasteiger partial charge in [0.25, 0.3) is 5.91 Å². The van der Waals surface area contributed by atoms with Gasteiger partial charge in [0.15, 0.2) is 6.61 Å². The monoisotopic (exact) mass is 442 g/mol. The molecule has 2 aliphatic carbocycles. The Bertz CT molecular complexity index is 1040. The molecule has 1 amide bonds. The van der Waals surface area contributed by atoms with Crippen LogP contribution < -0.4 is 14.8 Å². The minimum Gasteiger partial charge on any atom is -0.484 e. The summed E-state index contributed by atoms with van der Waals surface area (Å²) < 4.78 is 34.0. The minimum absolute atomic E-state index is 0.0709. The van der Waals surface area contributed by atoms with Crippen LogP contribution in [0.2, 0.25) is 0 Å². The van der Waals surface area contributed by atoms with Gasteiger partial charge in [-0.05, 0) is 92.8 Å². The molecule has 0 spiro atoms. The molecular formula is C24H30N2O4S. The number of hydrogen-bond acceptors (Lipinski definition) is 4. The molecule has 2 fully saturated rings. The van der Waals surface area contributed by atoms with E-state index in [2.05, 4.69) is 10.0 Å². The summed E-state index contributed by atoms with van der Waals surface area (Å²) in [5.74, 6) is 2.19. The normalized spacial score (nSPS) is 23.5. The average Bonchev–Trinajstić information content (AvgIpc) is 3.36. The molecule has 0 radical (unpaired) electrons. The molecule has 4 atom stereocenters. The summed E-state index contributed by atoms with van der Waals surface area (Å²) in [5, 5.41) is 2.73. The van der Waals surface area contributed by atoms with E-state index in [1.165, 1.54) is 31.4 Å². The number of amides is 1. The SMILES string of the molecule is Cc1cccc(OCC(=O)Nc2ccc(S(=O)(=O)N[C@H](C)[C@H]3C[C@H]4CC[C@H]3C4)cc2)c1. The van der Waals surface area contributed by atoms with E-state index in [-0.39, 0.29) is 23.5 Å². The van der Waals surface area contributed by atoms with Crippen molar-refractivity contribution in [1.82, 2.24) is 4.72 Å². The summed E-state index contributed by atoms with van der Waals surface area (Å²) >= 11 is 0. The molecule has 2 aromatic carbocycles. The molecule has 6 nitrogen and oxygen atoms in total. The summed E-state index contributed by atoms with van der Waals surface area (Å²) in [6.45, 7) is 3.81. The minimum atomic E-state index is -3.60. The van der Waals surface area contributed by atoms with E-state index in [0.29, 0.717) is 23.3 Å². The van der Waals surface area contributed by atoms with Crippen LogP contribution in [0.25, 0.3) is 0 Å². The smallest absolute Gasteiger partial charge is 0.262 e. The topological polar surface area (TPSA) is 84.5 Å².